The number of nitrogens with zero attached hydrogens (tertiary/aromatic N) is 1. The fourth-order valence-electron chi connectivity index (χ4n) is 3.76. The lowest BCUT2D eigenvalue weighted by Gasteiger charge is -2.04. The van der Waals surface area contributed by atoms with Crippen molar-refractivity contribution >= 4 is 35.5 Å². The molecule has 0 atom stereocenters. The van der Waals surface area contributed by atoms with Gasteiger partial charge in [0.25, 0.3) is 0 Å². The van der Waals surface area contributed by atoms with Crippen LogP contribution in [0.15, 0.2) is 24.5 Å². The summed E-state index contributed by atoms with van der Waals surface area (Å²) in [7, 11) is 0. The van der Waals surface area contributed by atoms with Gasteiger partial charge in [0, 0.05) is 24.7 Å². The van der Waals surface area contributed by atoms with E-state index in [0.717, 1.165) is 13.0 Å². The Labute approximate surface area is 196 Å². The zero-order valence-electron chi connectivity index (χ0n) is 18.6. The quantitative estimate of drug-likeness (QED) is 0.0952. The van der Waals surface area contributed by atoms with Crippen molar-refractivity contribution in [3.05, 3.63) is 30.1 Å². The van der Waals surface area contributed by atoms with E-state index in [1.54, 1.807) is 0 Å². The van der Waals surface area contributed by atoms with Gasteiger partial charge in [-0.25, -0.2) is 4.57 Å². The Balaban J connectivity index is 1.91. The molecule has 0 radical (unpaired) electrons. The van der Waals surface area contributed by atoms with Crippen molar-refractivity contribution < 1.29 is 9.13 Å². The van der Waals surface area contributed by atoms with Crippen molar-refractivity contribution in [2.24, 2.45) is 0 Å². The van der Waals surface area contributed by atoms with Crippen LogP contribution in [0.2, 0.25) is 0 Å². The first kappa shape index (κ1) is 27.4. The van der Waals surface area contributed by atoms with E-state index in [1.165, 1.54) is 102 Å². The molecule has 29 heavy (non-hydrogen) atoms. The summed E-state index contributed by atoms with van der Waals surface area (Å²) in [5.41, 5.74) is 1.44. The largest absolute Gasteiger partial charge is 0.299 e. The molecule has 0 bridgehead atoms. The fraction of sp³-hybridized carbons (Fsp3) is 0.792. The lowest BCUT2D eigenvalue weighted by atomic mass is 10.0. The SMILES string of the molecule is CCCCCCCCCCCCCCCCc1cc[n+](CCCP(=O)(Br)Br)cc1. The van der Waals surface area contributed by atoms with E-state index in [-0.39, 0.29) is 0 Å². The maximum atomic E-state index is 11.6. The topological polar surface area (TPSA) is 20.9 Å². The van der Waals surface area contributed by atoms with E-state index >= 15 is 0 Å². The maximum absolute atomic E-state index is 11.6. The third kappa shape index (κ3) is 17.7. The van der Waals surface area contributed by atoms with Gasteiger partial charge in [-0.2, -0.15) is 0 Å². The second-order valence-corrected chi connectivity index (χ2v) is 19.8. The summed E-state index contributed by atoms with van der Waals surface area (Å²) < 4.78 is 11.5. The maximum Gasteiger partial charge on any atom is 0.208 e. The van der Waals surface area contributed by atoms with E-state index in [4.69, 9.17) is 0 Å². The molecular weight excluding hydrogens is 509 g/mol. The highest BCUT2D eigenvalue weighted by molar-refractivity contribution is 9.70. The van der Waals surface area contributed by atoms with Crippen molar-refractivity contribution in [3.63, 3.8) is 0 Å². The molecule has 0 spiro atoms. The number of hydrogen-bond acceptors (Lipinski definition) is 1. The molecule has 0 saturated carbocycles. The van der Waals surface area contributed by atoms with Crippen LogP contribution < -0.4 is 4.57 Å². The molecule has 1 aromatic heterocycles. The van der Waals surface area contributed by atoms with Crippen LogP contribution in [0.25, 0.3) is 0 Å². The first-order valence-electron chi connectivity index (χ1n) is 12.0. The van der Waals surface area contributed by atoms with Crippen molar-refractivity contribution in [2.45, 2.75) is 116 Å². The monoisotopic (exact) mass is 550 g/mol. The van der Waals surface area contributed by atoms with Crippen LogP contribution in [-0.2, 0) is 17.5 Å². The zero-order valence-corrected chi connectivity index (χ0v) is 22.7. The molecule has 5 heteroatoms. The van der Waals surface area contributed by atoms with Gasteiger partial charge in [0.1, 0.15) is 6.54 Å². The molecule has 0 aromatic carbocycles. The van der Waals surface area contributed by atoms with Crippen LogP contribution in [0.1, 0.15) is 109 Å². The van der Waals surface area contributed by atoms with Gasteiger partial charge < -0.3 is 0 Å². The number of aromatic nitrogens is 1. The van der Waals surface area contributed by atoms with E-state index in [2.05, 4.69) is 67.0 Å². The number of rotatable bonds is 19. The van der Waals surface area contributed by atoms with Crippen molar-refractivity contribution in [3.8, 4) is 0 Å². The van der Waals surface area contributed by atoms with Gasteiger partial charge >= 0.3 is 0 Å². The molecule has 2 nitrogen and oxygen atoms in total. The summed E-state index contributed by atoms with van der Waals surface area (Å²) in [6.07, 6.45) is 26.9. The van der Waals surface area contributed by atoms with Crippen molar-refractivity contribution in [1.82, 2.24) is 0 Å². The Hall–Kier alpha value is 0.340. The summed E-state index contributed by atoms with van der Waals surface area (Å²) in [5, 5.41) is 0. The Morgan fingerprint density at radius 3 is 1.62 bits per heavy atom. The highest BCUT2D eigenvalue weighted by Gasteiger charge is 2.12. The minimum absolute atomic E-state index is 0.681. The lowest BCUT2D eigenvalue weighted by molar-refractivity contribution is -0.696. The van der Waals surface area contributed by atoms with Crippen molar-refractivity contribution in [1.29, 1.82) is 0 Å². The average molecular weight is 552 g/mol. The van der Waals surface area contributed by atoms with E-state index in [9.17, 15) is 4.57 Å². The normalized spacial score (nSPS) is 11.8. The molecule has 1 heterocycles. The van der Waals surface area contributed by atoms with Gasteiger partial charge in [0.2, 0.25) is 4.55 Å². The van der Waals surface area contributed by atoms with Gasteiger partial charge in [0.15, 0.2) is 12.4 Å². The second kappa shape index (κ2) is 18.0. The van der Waals surface area contributed by atoms with Crippen LogP contribution in [0.3, 0.4) is 0 Å². The molecule has 0 aliphatic carbocycles. The summed E-state index contributed by atoms with van der Waals surface area (Å²) in [4.78, 5) is 0. The number of hydrogen-bond donors (Lipinski definition) is 0. The Bertz CT molecular complexity index is 544. The van der Waals surface area contributed by atoms with Gasteiger partial charge in [0.05, 0.1) is 0 Å². The molecular formula is C24H43Br2NOP+. The predicted octanol–water partition coefficient (Wildman–Crippen LogP) is 9.37. The molecule has 1 aromatic rings. The fourth-order valence-corrected chi connectivity index (χ4v) is 5.78. The van der Waals surface area contributed by atoms with Crippen LogP contribution >= 0.6 is 35.5 Å². The summed E-state index contributed by atoms with van der Waals surface area (Å²) in [6.45, 7) is 3.21. The van der Waals surface area contributed by atoms with Gasteiger partial charge in [-0.3, -0.25) is 4.57 Å². The Kier molecular flexibility index (Phi) is 17.0. The number of pyridine rings is 1. The van der Waals surface area contributed by atoms with E-state index in [1.807, 2.05) is 0 Å². The molecule has 0 amide bonds. The number of halogens is 2. The third-order valence-electron chi connectivity index (χ3n) is 5.61. The summed E-state index contributed by atoms with van der Waals surface area (Å²) in [5.74, 6) is 0. The van der Waals surface area contributed by atoms with E-state index < -0.39 is 4.55 Å². The van der Waals surface area contributed by atoms with Gasteiger partial charge in [-0.1, -0.05) is 90.4 Å². The highest BCUT2D eigenvalue weighted by atomic mass is 79.9. The molecule has 0 N–H and O–H groups in total. The summed E-state index contributed by atoms with van der Waals surface area (Å²) >= 11 is 6.40. The third-order valence-corrected chi connectivity index (χ3v) is 8.58. The second-order valence-electron chi connectivity index (χ2n) is 8.44. The lowest BCUT2D eigenvalue weighted by Crippen LogP contribution is -2.32. The van der Waals surface area contributed by atoms with Crippen LogP contribution in [0, 0.1) is 0 Å². The van der Waals surface area contributed by atoms with Crippen LogP contribution in [-0.4, -0.2) is 6.16 Å². The first-order valence-corrected chi connectivity index (χ1v) is 17.9. The van der Waals surface area contributed by atoms with Crippen LogP contribution in [0.5, 0.6) is 0 Å². The van der Waals surface area contributed by atoms with Crippen molar-refractivity contribution in [2.75, 3.05) is 6.16 Å². The number of unbranched alkanes of at least 4 members (excludes halogenated alkanes) is 13. The Morgan fingerprint density at radius 1 is 0.724 bits per heavy atom. The van der Waals surface area contributed by atoms with Crippen LogP contribution in [0.4, 0.5) is 0 Å². The van der Waals surface area contributed by atoms with Gasteiger partial charge in [-0.05, 0) is 49.4 Å². The minimum atomic E-state index is -2.24. The molecule has 0 aliphatic heterocycles. The molecule has 1 rings (SSSR count). The van der Waals surface area contributed by atoms with Gasteiger partial charge in [-0.15, -0.1) is 0 Å². The number of aryl methyl sites for hydroxylation is 2. The van der Waals surface area contributed by atoms with E-state index in [0.29, 0.717) is 6.16 Å². The standard InChI is InChI=1S/C24H43Br2NOP/c1-2-3-4-5-6-7-8-9-10-11-12-13-14-15-17-24-18-21-27(22-19-24)20-16-23-29(25,26)28/h18-19,21-22H,2-17,20,23H2,1H3/q+1. The Morgan fingerprint density at radius 2 is 1.17 bits per heavy atom. The smallest absolute Gasteiger partial charge is 0.208 e. The molecule has 0 aliphatic rings. The first-order chi connectivity index (χ1) is 14.0. The molecule has 0 fully saturated rings. The minimum Gasteiger partial charge on any atom is -0.299 e. The predicted molar refractivity (Wildman–Crippen MR) is 136 cm³/mol. The average Bonchev–Trinajstić information content (AvgIpc) is 2.68. The molecule has 0 unspecified atom stereocenters. The highest BCUT2D eigenvalue weighted by Crippen LogP contribution is 2.61. The molecule has 168 valence electrons. The summed E-state index contributed by atoms with van der Waals surface area (Å²) in [6, 6.07) is 4.48. The zero-order chi connectivity index (χ0) is 21.2. The molecule has 0 saturated heterocycles.